The number of hydrogen-bond donors (Lipinski definition) is 1. The van der Waals surface area contributed by atoms with Crippen LogP contribution in [0.4, 0.5) is 5.69 Å². The molecule has 2 aromatic rings. The fourth-order valence-electron chi connectivity index (χ4n) is 1.78. The SMILES string of the molecule is Nc1cc(Br)cc(CS(=O)Cc2ccccc2Cl)c1. The molecule has 2 nitrogen and oxygen atoms in total. The largest absolute Gasteiger partial charge is 0.399 e. The summed E-state index contributed by atoms with van der Waals surface area (Å²) in [6.45, 7) is 0. The highest BCUT2D eigenvalue weighted by Gasteiger charge is 2.07. The smallest absolute Gasteiger partial charge is 0.0503 e. The van der Waals surface area contributed by atoms with Gasteiger partial charge >= 0.3 is 0 Å². The molecule has 0 fully saturated rings. The Labute approximate surface area is 128 Å². The van der Waals surface area contributed by atoms with E-state index < -0.39 is 10.8 Å². The van der Waals surface area contributed by atoms with Gasteiger partial charge in [0, 0.05) is 31.7 Å². The van der Waals surface area contributed by atoms with Gasteiger partial charge in [-0.05, 0) is 35.4 Å². The molecule has 0 aliphatic carbocycles. The maximum Gasteiger partial charge on any atom is 0.0503 e. The van der Waals surface area contributed by atoms with E-state index in [4.69, 9.17) is 17.3 Å². The molecule has 0 aromatic heterocycles. The van der Waals surface area contributed by atoms with Crippen molar-refractivity contribution >= 4 is 44.0 Å². The van der Waals surface area contributed by atoms with E-state index in [-0.39, 0.29) is 0 Å². The zero-order chi connectivity index (χ0) is 13.8. The first-order chi connectivity index (χ1) is 9.04. The fraction of sp³-hybridized carbons (Fsp3) is 0.143. The molecule has 2 N–H and O–H groups in total. The van der Waals surface area contributed by atoms with Crippen molar-refractivity contribution in [3.8, 4) is 0 Å². The fourth-order valence-corrected chi connectivity index (χ4v) is 3.86. The Bertz CT molecular complexity index is 598. The molecule has 0 aliphatic heterocycles. The quantitative estimate of drug-likeness (QED) is 0.835. The second kappa shape index (κ2) is 6.55. The normalized spacial score (nSPS) is 12.3. The minimum absolute atomic E-state index is 0.450. The van der Waals surface area contributed by atoms with Gasteiger partial charge in [-0.15, -0.1) is 0 Å². The summed E-state index contributed by atoms with van der Waals surface area (Å²) in [7, 11) is -1.01. The van der Waals surface area contributed by atoms with Gasteiger partial charge in [0.2, 0.25) is 0 Å². The first kappa shape index (κ1) is 14.6. The molecule has 0 aliphatic rings. The lowest BCUT2D eigenvalue weighted by Gasteiger charge is -2.06. The Kier molecular flexibility index (Phi) is 5.02. The third-order valence-corrected chi connectivity index (χ3v) is 4.70. The van der Waals surface area contributed by atoms with Crippen LogP contribution < -0.4 is 5.73 Å². The highest BCUT2D eigenvalue weighted by molar-refractivity contribution is 9.10. The maximum absolute atomic E-state index is 12.2. The van der Waals surface area contributed by atoms with Gasteiger partial charge in [-0.3, -0.25) is 4.21 Å². The third kappa shape index (κ3) is 4.34. The summed E-state index contributed by atoms with van der Waals surface area (Å²) in [6, 6.07) is 13.1. The van der Waals surface area contributed by atoms with Gasteiger partial charge in [0.1, 0.15) is 0 Å². The number of rotatable bonds is 4. The van der Waals surface area contributed by atoms with Gasteiger partial charge in [0.05, 0.1) is 5.75 Å². The summed E-state index contributed by atoms with van der Waals surface area (Å²) >= 11 is 9.44. The predicted molar refractivity (Wildman–Crippen MR) is 85.6 cm³/mol. The highest BCUT2D eigenvalue weighted by atomic mass is 79.9. The lowest BCUT2D eigenvalue weighted by Crippen LogP contribution is -2.01. The average molecular weight is 359 g/mol. The molecule has 100 valence electrons. The first-order valence-electron chi connectivity index (χ1n) is 5.68. The van der Waals surface area contributed by atoms with E-state index in [1.165, 1.54) is 0 Å². The Hall–Kier alpha value is -0.840. The topological polar surface area (TPSA) is 43.1 Å². The van der Waals surface area contributed by atoms with Crippen molar-refractivity contribution < 1.29 is 4.21 Å². The van der Waals surface area contributed by atoms with Crippen molar-refractivity contribution in [3.05, 3.63) is 63.1 Å². The Balaban J connectivity index is 2.07. The van der Waals surface area contributed by atoms with Gasteiger partial charge in [0.15, 0.2) is 0 Å². The summed E-state index contributed by atoms with van der Waals surface area (Å²) in [6.07, 6.45) is 0. The molecule has 0 heterocycles. The molecule has 19 heavy (non-hydrogen) atoms. The van der Waals surface area contributed by atoms with Crippen molar-refractivity contribution in [1.82, 2.24) is 0 Å². The summed E-state index contributed by atoms with van der Waals surface area (Å²) in [5, 5.41) is 0.657. The minimum atomic E-state index is -1.01. The van der Waals surface area contributed by atoms with Gasteiger partial charge < -0.3 is 5.73 Å². The van der Waals surface area contributed by atoms with E-state index in [0.717, 1.165) is 15.6 Å². The second-order valence-electron chi connectivity index (χ2n) is 4.21. The molecular formula is C14H13BrClNOS. The first-order valence-corrected chi connectivity index (χ1v) is 8.34. The maximum atomic E-state index is 12.2. The van der Waals surface area contributed by atoms with Crippen molar-refractivity contribution in [3.63, 3.8) is 0 Å². The van der Waals surface area contributed by atoms with Crippen LogP contribution in [0.2, 0.25) is 5.02 Å². The van der Waals surface area contributed by atoms with E-state index in [0.29, 0.717) is 22.2 Å². The Morgan fingerprint density at radius 3 is 2.58 bits per heavy atom. The molecule has 0 radical (unpaired) electrons. The number of nitrogens with two attached hydrogens (primary N) is 1. The zero-order valence-electron chi connectivity index (χ0n) is 10.1. The van der Waals surface area contributed by atoms with Crippen molar-refractivity contribution in [2.45, 2.75) is 11.5 Å². The van der Waals surface area contributed by atoms with Gasteiger partial charge in [-0.2, -0.15) is 0 Å². The van der Waals surface area contributed by atoms with E-state index in [1.54, 1.807) is 0 Å². The molecule has 2 rings (SSSR count). The highest BCUT2D eigenvalue weighted by Crippen LogP contribution is 2.21. The van der Waals surface area contributed by atoms with Crippen LogP contribution in [0.3, 0.4) is 0 Å². The van der Waals surface area contributed by atoms with Crippen molar-refractivity contribution in [1.29, 1.82) is 0 Å². The summed E-state index contributed by atoms with van der Waals surface area (Å²) in [5.74, 6) is 0.918. The van der Waals surface area contributed by atoms with Crippen LogP contribution in [0.25, 0.3) is 0 Å². The van der Waals surface area contributed by atoms with E-state index in [1.807, 2.05) is 42.5 Å². The lowest BCUT2D eigenvalue weighted by molar-refractivity contribution is 0.682. The molecule has 1 unspecified atom stereocenters. The van der Waals surface area contributed by atoms with Crippen LogP contribution in [0.15, 0.2) is 46.9 Å². The van der Waals surface area contributed by atoms with Gasteiger partial charge in [-0.25, -0.2) is 0 Å². The van der Waals surface area contributed by atoms with E-state index >= 15 is 0 Å². The third-order valence-electron chi connectivity index (χ3n) is 2.58. The van der Waals surface area contributed by atoms with Crippen LogP contribution in [-0.4, -0.2) is 4.21 Å². The van der Waals surface area contributed by atoms with Gasteiger partial charge in [0.25, 0.3) is 0 Å². The zero-order valence-corrected chi connectivity index (χ0v) is 13.3. The molecular weight excluding hydrogens is 346 g/mol. The van der Waals surface area contributed by atoms with Gasteiger partial charge in [-0.1, -0.05) is 45.7 Å². The number of hydrogen-bond acceptors (Lipinski definition) is 2. The molecule has 5 heteroatoms. The molecule has 0 spiro atoms. The summed E-state index contributed by atoms with van der Waals surface area (Å²) in [5.41, 5.74) is 8.29. The Morgan fingerprint density at radius 2 is 1.89 bits per heavy atom. The molecule has 2 aromatic carbocycles. The number of nitrogen functional groups attached to an aromatic ring is 1. The van der Waals surface area contributed by atoms with Crippen LogP contribution >= 0.6 is 27.5 Å². The number of benzene rings is 2. The molecule has 0 bridgehead atoms. The molecule has 0 saturated carbocycles. The number of halogens is 2. The second-order valence-corrected chi connectivity index (χ2v) is 6.99. The predicted octanol–water partition coefficient (Wildman–Crippen LogP) is 4.13. The Morgan fingerprint density at radius 1 is 1.16 bits per heavy atom. The lowest BCUT2D eigenvalue weighted by atomic mass is 10.2. The van der Waals surface area contributed by atoms with Crippen molar-refractivity contribution in [2.24, 2.45) is 0 Å². The van der Waals surface area contributed by atoms with Crippen LogP contribution in [-0.2, 0) is 22.3 Å². The molecule has 0 saturated heterocycles. The van der Waals surface area contributed by atoms with E-state index in [9.17, 15) is 4.21 Å². The summed E-state index contributed by atoms with van der Waals surface area (Å²) < 4.78 is 13.1. The monoisotopic (exact) mass is 357 g/mol. The van der Waals surface area contributed by atoms with Crippen molar-refractivity contribution in [2.75, 3.05) is 5.73 Å². The van der Waals surface area contributed by atoms with E-state index in [2.05, 4.69) is 15.9 Å². The van der Waals surface area contributed by atoms with Crippen LogP contribution in [0, 0.1) is 0 Å². The number of anilines is 1. The minimum Gasteiger partial charge on any atom is -0.399 e. The molecule has 0 amide bonds. The average Bonchev–Trinajstić information content (AvgIpc) is 2.30. The summed E-state index contributed by atoms with van der Waals surface area (Å²) in [4.78, 5) is 0. The standard InChI is InChI=1S/C14H13BrClNOS/c15-12-5-10(6-13(17)7-12)8-19(18)9-11-3-1-2-4-14(11)16/h1-7H,8-9,17H2. The van der Waals surface area contributed by atoms with Crippen LogP contribution in [0.5, 0.6) is 0 Å². The molecule has 1 atom stereocenters. The van der Waals surface area contributed by atoms with Crippen LogP contribution in [0.1, 0.15) is 11.1 Å².